The molecule has 0 heterocycles. The van der Waals surface area contributed by atoms with E-state index in [0.717, 1.165) is 26.7 Å². The fourth-order valence-corrected chi connectivity index (χ4v) is 5.54. The molecule has 0 spiro atoms. The van der Waals surface area contributed by atoms with Crippen molar-refractivity contribution in [3.05, 3.63) is 136 Å². The molecule has 0 bridgehead atoms. The molecule has 0 unspecified atom stereocenters. The van der Waals surface area contributed by atoms with Gasteiger partial charge in [-0.25, -0.2) is 8.42 Å². The van der Waals surface area contributed by atoms with Crippen LogP contribution < -0.4 is 5.32 Å². The van der Waals surface area contributed by atoms with Gasteiger partial charge < -0.3 is 5.32 Å². The number of carbonyl (C=O) groups excluding carboxylic acids is 1. The number of halogens is 1. The van der Waals surface area contributed by atoms with Crippen molar-refractivity contribution in [1.82, 2.24) is 9.62 Å². The van der Waals surface area contributed by atoms with Gasteiger partial charge in [0.25, 0.3) is 0 Å². The quantitative estimate of drug-likeness (QED) is 0.278. The average molecular weight is 564 g/mol. The van der Waals surface area contributed by atoms with Gasteiger partial charge in [0.15, 0.2) is 0 Å². The molecular weight excluding hydrogens is 536 g/mol. The van der Waals surface area contributed by atoms with Crippen LogP contribution in [-0.2, 0) is 21.4 Å². The third-order valence-corrected chi connectivity index (χ3v) is 8.16. The molecular formula is C29H27BrN2O3S. The highest BCUT2D eigenvalue weighted by Crippen LogP contribution is 2.24. The Bertz CT molecular complexity index is 1350. The monoisotopic (exact) mass is 562 g/mol. The number of nitrogens with one attached hydrogen (secondary N) is 1. The Labute approximate surface area is 221 Å². The zero-order valence-corrected chi connectivity index (χ0v) is 22.2. The first kappa shape index (κ1) is 25.8. The molecule has 0 radical (unpaired) electrons. The average Bonchev–Trinajstić information content (AvgIpc) is 2.89. The van der Waals surface area contributed by atoms with Crippen LogP contribution in [0.5, 0.6) is 0 Å². The molecule has 184 valence electrons. The van der Waals surface area contributed by atoms with E-state index in [-0.39, 0.29) is 23.9 Å². The molecule has 4 aromatic rings. The van der Waals surface area contributed by atoms with Crippen molar-refractivity contribution in [1.29, 1.82) is 0 Å². The summed E-state index contributed by atoms with van der Waals surface area (Å²) in [6.07, 6.45) is 0. The molecule has 4 rings (SSSR count). The summed E-state index contributed by atoms with van der Waals surface area (Å²) in [5.41, 5.74) is 3.71. The fraction of sp³-hybridized carbons (Fsp3) is 0.138. The lowest BCUT2D eigenvalue weighted by Crippen LogP contribution is -2.41. The second kappa shape index (κ2) is 11.6. The lowest BCUT2D eigenvalue weighted by atomic mass is 9.99. The number of hydrogen-bond donors (Lipinski definition) is 1. The molecule has 0 saturated heterocycles. The van der Waals surface area contributed by atoms with Crippen molar-refractivity contribution in [2.45, 2.75) is 24.4 Å². The minimum absolute atomic E-state index is 0.0768. The molecule has 0 atom stereocenters. The number of sulfonamides is 1. The van der Waals surface area contributed by atoms with Crippen LogP contribution in [0.3, 0.4) is 0 Å². The smallest absolute Gasteiger partial charge is 0.243 e. The maximum absolute atomic E-state index is 13.6. The van der Waals surface area contributed by atoms with Crippen LogP contribution in [0.4, 0.5) is 0 Å². The topological polar surface area (TPSA) is 66.5 Å². The van der Waals surface area contributed by atoms with Crippen LogP contribution in [0.1, 0.15) is 28.3 Å². The van der Waals surface area contributed by atoms with E-state index in [1.807, 2.05) is 91.9 Å². The van der Waals surface area contributed by atoms with E-state index in [0.29, 0.717) is 0 Å². The zero-order valence-electron chi connectivity index (χ0n) is 19.8. The minimum atomic E-state index is -3.93. The summed E-state index contributed by atoms with van der Waals surface area (Å²) >= 11 is 3.35. The summed E-state index contributed by atoms with van der Waals surface area (Å²) < 4.78 is 29.2. The molecule has 5 nitrogen and oxygen atoms in total. The van der Waals surface area contributed by atoms with Gasteiger partial charge in [0.1, 0.15) is 0 Å². The van der Waals surface area contributed by atoms with Crippen molar-refractivity contribution < 1.29 is 13.2 Å². The predicted octanol–water partition coefficient (Wildman–Crippen LogP) is 5.85. The normalized spacial score (nSPS) is 11.6. The summed E-state index contributed by atoms with van der Waals surface area (Å²) in [5, 5.41) is 3.06. The third-order valence-electron chi connectivity index (χ3n) is 5.82. The van der Waals surface area contributed by atoms with Crippen molar-refractivity contribution in [2.24, 2.45) is 0 Å². The molecule has 0 saturated carbocycles. The number of benzene rings is 4. The van der Waals surface area contributed by atoms with E-state index in [9.17, 15) is 13.2 Å². The molecule has 0 aromatic heterocycles. The number of carbonyl (C=O) groups is 1. The lowest BCUT2D eigenvalue weighted by molar-refractivity contribution is -0.121. The van der Waals surface area contributed by atoms with Gasteiger partial charge in [0.2, 0.25) is 15.9 Å². The van der Waals surface area contributed by atoms with Crippen molar-refractivity contribution >= 4 is 31.9 Å². The van der Waals surface area contributed by atoms with E-state index in [2.05, 4.69) is 21.2 Å². The molecule has 1 N–H and O–H groups in total. The highest BCUT2D eigenvalue weighted by Gasteiger charge is 2.28. The zero-order chi connectivity index (χ0) is 25.5. The third kappa shape index (κ3) is 6.49. The molecule has 4 aromatic carbocycles. The second-order valence-corrected chi connectivity index (χ2v) is 11.4. The molecule has 0 aliphatic rings. The minimum Gasteiger partial charge on any atom is -0.344 e. The van der Waals surface area contributed by atoms with Gasteiger partial charge in [-0.2, -0.15) is 4.31 Å². The highest BCUT2D eigenvalue weighted by atomic mass is 79.9. The van der Waals surface area contributed by atoms with Gasteiger partial charge >= 0.3 is 0 Å². The Hall–Kier alpha value is -3.26. The maximum Gasteiger partial charge on any atom is 0.243 e. The largest absolute Gasteiger partial charge is 0.344 e. The lowest BCUT2D eigenvalue weighted by Gasteiger charge is -2.25. The molecule has 7 heteroatoms. The van der Waals surface area contributed by atoms with E-state index < -0.39 is 16.1 Å². The molecule has 0 fully saturated rings. The molecule has 0 aliphatic heterocycles. The molecule has 1 amide bonds. The number of hydrogen-bond acceptors (Lipinski definition) is 3. The van der Waals surface area contributed by atoms with Gasteiger partial charge in [-0.1, -0.05) is 106 Å². The Balaban J connectivity index is 1.63. The Morgan fingerprint density at radius 3 is 1.86 bits per heavy atom. The predicted molar refractivity (Wildman–Crippen MR) is 146 cm³/mol. The number of aryl methyl sites for hydroxylation is 1. The Morgan fingerprint density at radius 2 is 1.33 bits per heavy atom. The number of rotatable bonds is 9. The van der Waals surface area contributed by atoms with Crippen LogP contribution in [0.25, 0.3) is 0 Å². The number of nitrogens with zero attached hydrogens (tertiary/aromatic N) is 1. The van der Waals surface area contributed by atoms with Crippen molar-refractivity contribution in [2.75, 3.05) is 6.54 Å². The first-order chi connectivity index (χ1) is 17.3. The van der Waals surface area contributed by atoms with Crippen molar-refractivity contribution in [3.63, 3.8) is 0 Å². The van der Waals surface area contributed by atoms with Crippen molar-refractivity contribution in [3.8, 4) is 0 Å². The summed E-state index contributed by atoms with van der Waals surface area (Å²) in [5.74, 6) is -0.388. The Morgan fingerprint density at radius 1 is 0.806 bits per heavy atom. The van der Waals surface area contributed by atoms with Crippen LogP contribution in [-0.4, -0.2) is 25.2 Å². The van der Waals surface area contributed by atoms with E-state index in [1.54, 1.807) is 12.1 Å². The summed E-state index contributed by atoms with van der Waals surface area (Å²) in [6, 6.07) is 32.9. The maximum atomic E-state index is 13.6. The van der Waals surface area contributed by atoms with Gasteiger partial charge in [0.05, 0.1) is 17.5 Å². The molecule has 36 heavy (non-hydrogen) atoms. The number of amides is 1. The fourth-order valence-electron chi connectivity index (χ4n) is 3.90. The first-order valence-corrected chi connectivity index (χ1v) is 13.8. The van der Waals surface area contributed by atoms with Crippen LogP contribution in [0, 0.1) is 6.92 Å². The van der Waals surface area contributed by atoms with E-state index in [4.69, 9.17) is 0 Å². The second-order valence-electron chi connectivity index (χ2n) is 8.53. The molecule has 0 aliphatic carbocycles. The van der Waals surface area contributed by atoms with Gasteiger partial charge in [-0.05, 0) is 47.9 Å². The Kier molecular flexibility index (Phi) is 8.36. The summed E-state index contributed by atoms with van der Waals surface area (Å²) in [7, 11) is -3.93. The van der Waals surface area contributed by atoms with E-state index in [1.165, 1.54) is 16.4 Å². The van der Waals surface area contributed by atoms with Gasteiger partial charge in [0, 0.05) is 11.0 Å². The van der Waals surface area contributed by atoms with Gasteiger partial charge in [-0.15, -0.1) is 0 Å². The summed E-state index contributed by atoms with van der Waals surface area (Å²) in [6.45, 7) is 1.73. The van der Waals surface area contributed by atoms with E-state index >= 15 is 0 Å². The van der Waals surface area contributed by atoms with Crippen LogP contribution >= 0.6 is 15.9 Å². The van der Waals surface area contributed by atoms with Crippen LogP contribution in [0.2, 0.25) is 0 Å². The SMILES string of the molecule is Cc1ccc(CN(CC(=O)NC(c2ccccc2)c2ccccc2)S(=O)(=O)c2ccc(Br)cc2)cc1. The first-order valence-electron chi connectivity index (χ1n) is 11.5. The van der Waals surface area contributed by atoms with Gasteiger partial charge in [-0.3, -0.25) is 4.79 Å². The van der Waals surface area contributed by atoms with Crippen LogP contribution in [0.15, 0.2) is 119 Å². The standard InChI is InChI=1S/C29H27BrN2O3S/c1-22-12-14-23(15-13-22)20-32(36(34,35)27-18-16-26(30)17-19-27)21-28(33)31-29(24-8-4-2-5-9-24)25-10-6-3-7-11-25/h2-19,29H,20-21H2,1H3,(H,31,33). The summed E-state index contributed by atoms with van der Waals surface area (Å²) in [4.78, 5) is 13.5. The highest BCUT2D eigenvalue weighted by molar-refractivity contribution is 9.10.